The summed E-state index contributed by atoms with van der Waals surface area (Å²) in [7, 11) is 0. The minimum absolute atomic E-state index is 0.542. The molecule has 106 valence electrons. The van der Waals surface area contributed by atoms with Crippen LogP contribution in [-0.4, -0.2) is 33.6 Å². The predicted octanol–water partition coefficient (Wildman–Crippen LogP) is 2.81. The fourth-order valence-corrected chi connectivity index (χ4v) is 2.67. The lowest BCUT2D eigenvalue weighted by Crippen LogP contribution is -2.47. The van der Waals surface area contributed by atoms with Crippen LogP contribution in [0.15, 0.2) is 6.33 Å². The summed E-state index contributed by atoms with van der Waals surface area (Å²) in [4.78, 5) is 8.66. The van der Waals surface area contributed by atoms with Crippen molar-refractivity contribution >= 4 is 11.6 Å². The van der Waals surface area contributed by atoms with E-state index in [2.05, 4.69) is 53.4 Å². The molecule has 1 aliphatic rings. The van der Waals surface area contributed by atoms with Crippen LogP contribution in [0.4, 0.5) is 11.6 Å². The van der Waals surface area contributed by atoms with Crippen LogP contribution in [-0.2, 0) is 0 Å². The van der Waals surface area contributed by atoms with Crippen LogP contribution < -0.4 is 10.7 Å². The molecule has 1 fully saturated rings. The molecule has 0 spiro atoms. The highest BCUT2D eigenvalue weighted by molar-refractivity contribution is 5.55. The monoisotopic (exact) mass is 263 g/mol. The van der Waals surface area contributed by atoms with Crippen molar-refractivity contribution in [2.45, 2.75) is 59.0 Å². The maximum atomic E-state index is 4.38. The zero-order valence-corrected chi connectivity index (χ0v) is 12.4. The van der Waals surface area contributed by atoms with Gasteiger partial charge in [-0.3, -0.25) is 0 Å². The van der Waals surface area contributed by atoms with Gasteiger partial charge in [0.05, 0.1) is 0 Å². The molecule has 1 saturated heterocycles. The van der Waals surface area contributed by atoms with Gasteiger partial charge in [-0.05, 0) is 40.5 Å². The van der Waals surface area contributed by atoms with E-state index in [4.69, 9.17) is 0 Å². The Morgan fingerprint density at radius 3 is 2.47 bits per heavy atom. The van der Waals surface area contributed by atoms with Gasteiger partial charge in [0, 0.05) is 24.2 Å². The molecule has 0 aliphatic carbocycles. The summed E-state index contributed by atoms with van der Waals surface area (Å²) < 4.78 is 0. The third-order valence-corrected chi connectivity index (χ3v) is 3.86. The highest BCUT2D eigenvalue weighted by Gasteiger charge is 2.25. The summed E-state index contributed by atoms with van der Waals surface area (Å²) in [5.74, 6) is 1.82. The van der Waals surface area contributed by atoms with Crippen LogP contribution in [0, 0.1) is 6.92 Å². The van der Waals surface area contributed by atoms with Crippen molar-refractivity contribution in [3.63, 3.8) is 0 Å². The zero-order valence-electron chi connectivity index (χ0n) is 12.4. The Balaban J connectivity index is 2.15. The van der Waals surface area contributed by atoms with Crippen molar-refractivity contribution in [2.75, 3.05) is 17.3 Å². The molecular formula is C14H25N5. The second-order valence-electron chi connectivity index (χ2n) is 5.37. The Morgan fingerprint density at radius 2 is 1.84 bits per heavy atom. The number of hydrogen-bond acceptors (Lipinski definition) is 5. The van der Waals surface area contributed by atoms with E-state index in [-0.39, 0.29) is 0 Å². The molecule has 5 heteroatoms. The summed E-state index contributed by atoms with van der Waals surface area (Å²) in [5.41, 5.74) is 4.57. The lowest BCUT2D eigenvalue weighted by molar-refractivity contribution is 0.135. The standard InChI is InChI=1S/C14H25N5/c1-5-15-13-12(4)14(17-9-16-13)18-19-10(2)7-6-8-11(19)3/h9-11H,5-8H2,1-4H3,(H2,15,16,17,18). The zero-order chi connectivity index (χ0) is 13.8. The van der Waals surface area contributed by atoms with Crippen LogP contribution >= 0.6 is 0 Å². The molecule has 1 aliphatic heterocycles. The van der Waals surface area contributed by atoms with Crippen LogP contribution in [0.5, 0.6) is 0 Å². The van der Waals surface area contributed by atoms with E-state index in [1.54, 1.807) is 6.33 Å². The van der Waals surface area contributed by atoms with Crippen molar-refractivity contribution in [3.8, 4) is 0 Å². The lowest BCUT2D eigenvalue weighted by Gasteiger charge is -2.39. The molecule has 0 amide bonds. The minimum atomic E-state index is 0.542. The van der Waals surface area contributed by atoms with Crippen LogP contribution in [0.3, 0.4) is 0 Å². The first kappa shape index (κ1) is 14.1. The third kappa shape index (κ3) is 3.15. The van der Waals surface area contributed by atoms with Gasteiger partial charge >= 0.3 is 0 Å². The first-order chi connectivity index (χ1) is 9.13. The Bertz CT molecular complexity index is 410. The van der Waals surface area contributed by atoms with E-state index in [1.165, 1.54) is 19.3 Å². The molecule has 1 aromatic heterocycles. The number of aromatic nitrogens is 2. The van der Waals surface area contributed by atoms with Crippen molar-refractivity contribution in [2.24, 2.45) is 0 Å². The smallest absolute Gasteiger partial charge is 0.148 e. The van der Waals surface area contributed by atoms with Crippen molar-refractivity contribution < 1.29 is 0 Å². The summed E-state index contributed by atoms with van der Waals surface area (Å²) in [5, 5.41) is 5.59. The number of hydrogen-bond donors (Lipinski definition) is 2. The molecule has 2 heterocycles. The Morgan fingerprint density at radius 1 is 1.21 bits per heavy atom. The second kappa shape index (κ2) is 6.19. The van der Waals surface area contributed by atoms with E-state index < -0.39 is 0 Å². The lowest BCUT2D eigenvalue weighted by atomic mass is 10.00. The number of nitrogens with one attached hydrogen (secondary N) is 2. The number of rotatable bonds is 4. The van der Waals surface area contributed by atoms with Gasteiger partial charge in [0.15, 0.2) is 0 Å². The average molecular weight is 263 g/mol. The number of hydrazine groups is 1. The molecule has 5 nitrogen and oxygen atoms in total. The maximum Gasteiger partial charge on any atom is 0.148 e. The van der Waals surface area contributed by atoms with Gasteiger partial charge in [-0.2, -0.15) is 0 Å². The van der Waals surface area contributed by atoms with Crippen LogP contribution in [0.2, 0.25) is 0 Å². The summed E-state index contributed by atoms with van der Waals surface area (Å²) in [6, 6.07) is 1.08. The normalized spacial score (nSPS) is 24.2. The van der Waals surface area contributed by atoms with Gasteiger partial charge in [0.1, 0.15) is 18.0 Å². The second-order valence-corrected chi connectivity index (χ2v) is 5.37. The predicted molar refractivity (Wildman–Crippen MR) is 79.2 cm³/mol. The fraction of sp³-hybridized carbons (Fsp3) is 0.714. The van der Waals surface area contributed by atoms with E-state index in [1.807, 2.05) is 0 Å². The third-order valence-electron chi connectivity index (χ3n) is 3.86. The number of nitrogens with zero attached hydrogens (tertiary/aromatic N) is 3. The van der Waals surface area contributed by atoms with Gasteiger partial charge in [-0.15, -0.1) is 0 Å². The highest BCUT2D eigenvalue weighted by Crippen LogP contribution is 2.25. The van der Waals surface area contributed by atoms with E-state index in [9.17, 15) is 0 Å². The van der Waals surface area contributed by atoms with Crippen molar-refractivity contribution in [1.82, 2.24) is 15.0 Å². The van der Waals surface area contributed by atoms with Crippen LogP contribution in [0.25, 0.3) is 0 Å². The first-order valence-electron chi connectivity index (χ1n) is 7.24. The topological polar surface area (TPSA) is 53.1 Å². The van der Waals surface area contributed by atoms with Gasteiger partial charge in [-0.1, -0.05) is 6.42 Å². The van der Waals surface area contributed by atoms with E-state index in [0.717, 1.165) is 23.7 Å². The van der Waals surface area contributed by atoms with Crippen LogP contribution in [0.1, 0.15) is 45.6 Å². The van der Waals surface area contributed by atoms with Gasteiger partial charge in [0.2, 0.25) is 0 Å². The molecule has 19 heavy (non-hydrogen) atoms. The first-order valence-corrected chi connectivity index (χ1v) is 7.24. The molecule has 2 rings (SSSR count). The molecule has 2 unspecified atom stereocenters. The Kier molecular flexibility index (Phi) is 4.58. The molecule has 0 bridgehead atoms. The van der Waals surface area contributed by atoms with Gasteiger partial charge in [0.25, 0.3) is 0 Å². The molecule has 0 aromatic carbocycles. The molecule has 2 N–H and O–H groups in total. The molecule has 0 saturated carbocycles. The molecule has 0 radical (unpaired) electrons. The number of piperidine rings is 1. The molecule has 2 atom stereocenters. The van der Waals surface area contributed by atoms with E-state index >= 15 is 0 Å². The Hall–Kier alpha value is -1.36. The molecular weight excluding hydrogens is 238 g/mol. The van der Waals surface area contributed by atoms with E-state index in [0.29, 0.717) is 12.1 Å². The molecule has 1 aromatic rings. The Labute approximate surface area is 115 Å². The van der Waals surface area contributed by atoms with Gasteiger partial charge in [-0.25, -0.2) is 15.0 Å². The number of anilines is 2. The summed E-state index contributed by atoms with van der Waals surface area (Å²) in [6.45, 7) is 9.53. The van der Waals surface area contributed by atoms with Crippen molar-refractivity contribution in [1.29, 1.82) is 0 Å². The SMILES string of the molecule is CCNc1ncnc(NN2C(C)CCCC2C)c1C. The van der Waals surface area contributed by atoms with Gasteiger partial charge < -0.3 is 10.7 Å². The summed E-state index contributed by atoms with van der Waals surface area (Å²) >= 11 is 0. The minimum Gasteiger partial charge on any atom is -0.370 e. The maximum absolute atomic E-state index is 4.38. The quantitative estimate of drug-likeness (QED) is 0.875. The average Bonchev–Trinajstić information content (AvgIpc) is 2.38. The summed E-state index contributed by atoms with van der Waals surface area (Å²) in [6.07, 6.45) is 5.40. The highest BCUT2D eigenvalue weighted by atomic mass is 15.5. The fourth-order valence-electron chi connectivity index (χ4n) is 2.67. The largest absolute Gasteiger partial charge is 0.370 e. The van der Waals surface area contributed by atoms with Crippen molar-refractivity contribution in [3.05, 3.63) is 11.9 Å².